The van der Waals surface area contributed by atoms with Crippen molar-refractivity contribution in [3.8, 4) is 11.4 Å². The molecule has 12 aromatic carbocycles. The van der Waals surface area contributed by atoms with Crippen LogP contribution in [-0.4, -0.2) is 35.6 Å². The van der Waals surface area contributed by atoms with Crippen molar-refractivity contribution >= 4 is 178 Å². The van der Waals surface area contributed by atoms with E-state index in [0.717, 1.165) is 50.1 Å². The molecule has 0 aliphatic carbocycles. The Morgan fingerprint density at radius 2 is 0.713 bits per heavy atom. The van der Waals surface area contributed by atoms with Crippen LogP contribution in [-0.2, 0) is 12.8 Å². The summed E-state index contributed by atoms with van der Waals surface area (Å²) < 4.78 is 7.83. The highest BCUT2D eigenvalue weighted by atomic mass is 32.1. The average molecular weight is 1130 g/mol. The van der Waals surface area contributed by atoms with Gasteiger partial charge >= 0.3 is 0 Å². The van der Waals surface area contributed by atoms with Crippen LogP contribution < -0.4 is 52.4 Å². The Bertz CT molecular complexity index is 5210. The van der Waals surface area contributed by atoms with Crippen LogP contribution in [0.4, 0.5) is 56.9 Å². The van der Waals surface area contributed by atoms with Gasteiger partial charge in [-0.05, 0) is 165 Å². The van der Waals surface area contributed by atoms with Crippen LogP contribution in [0.25, 0.3) is 75.2 Å². The van der Waals surface area contributed by atoms with E-state index in [2.05, 4.69) is 271 Å². The molecule has 6 aliphatic heterocycles. The van der Waals surface area contributed by atoms with E-state index in [4.69, 9.17) is 0 Å². The summed E-state index contributed by atoms with van der Waals surface area (Å²) in [7, 11) is 0. The maximum Gasteiger partial charge on any atom is 0.252 e. The highest BCUT2D eigenvalue weighted by molar-refractivity contribution is 7.26. The first kappa shape index (κ1) is 47.1. The van der Waals surface area contributed by atoms with E-state index in [9.17, 15) is 0 Å². The third-order valence-corrected chi connectivity index (χ3v) is 21.7. The first-order chi connectivity index (χ1) is 43.2. The van der Waals surface area contributed by atoms with Crippen molar-refractivity contribution in [3.63, 3.8) is 0 Å². The van der Waals surface area contributed by atoms with Crippen molar-refractivity contribution in [2.75, 3.05) is 32.7 Å². The normalized spacial score (nSPS) is 14.9. The molecule has 3 aromatic heterocycles. The van der Waals surface area contributed by atoms with E-state index >= 15 is 0 Å². The number of hydrogen-bond acceptors (Lipinski definition) is 5. The predicted molar refractivity (Wildman–Crippen MR) is 370 cm³/mol. The maximum atomic E-state index is 2.63. The Morgan fingerprint density at radius 1 is 0.299 bits per heavy atom. The molecule has 0 radical (unpaired) electrons. The highest BCUT2D eigenvalue weighted by Gasteiger charge is 2.46. The van der Waals surface area contributed by atoms with E-state index in [0.29, 0.717) is 0 Å². The molecular weight excluding hydrogens is 1070 g/mol. The van der Waals surface area contributed by atoms with Gasteiger partial charge in [0, 0.05) is 123 Å². The standard InChI is InChI=1S/C78H52B2N6S/c1-3-23-49(24-4-1)83-67-45-73-57(43-61(67)79-59-31-15-29-55-53-27-9-13-35-65(53)85(77(55)59)71-41-51(39-69(83)75(71)79)81-37-17-21-47-19-7-11-33-63(47)81)58-44-62-68(46-74(58)87-73)84(50-25-5-2-6-26-50)70-40-52(82-38-18-22-48-20-8-12-34-64(48)82)42-72-76(70)80(62)60-32-16-30-56-54-28-10-14-36-66(54)86(72)78(56)60/h1-16,19-20,23-36,39-46H,17-18,21-22,37-38H2. The maximum absolute atomic E-state index is 2.63. The van der Waals surface area contributed by atoms with E-state index in [1.54, 1.807) is 0 Å². The molecule has 15 aromatic rings. The molecule has 0 fully saturated rings. The van der Waals surface area contributed by atoms with Crippen LogP contribution in [0.15, 0.2) is 243 Å². The Labute approximate surface area is 507 Å². The minimum Gasteiger partial charge on any atom is -0.341 e. The van der Waals surface area contributed by atoms with E-state index < -0.39 is 0 Å². The Morgan fingerprint density at radius 3 is 1.20 bits per heavy atom. The summed E-state index contributed by atoms with van der Waals surface area (Å²) in [5, 5.41) is 7.83. The Hall–Kier alpha value is -10.2. The minimum absolute atomic E-state index is 0.0212. The summed E-state index contributed by atoms with van der Waals surface area (Å²) in [6, 6.07) is 93.5. The van der Waals surface area contributed by atoms with Crippen LogP contribution in [0, 0.1) is 0 Å². The van der Waals surface area contributed by atoms with Crippen LogP contribution in [0.1, 0.15) is 24.0 Å². The van der Waals surface area contributed by atoms with Crippen LogP contribution in [0.2, 0.25) is 0 Å². The number of benzene rings is 12. The van der Waals surface area contributed by atoms with Gasteiger partial charge in [0.15, 0.2) is 0 Å². The molecule has 0 saturated carbocycles. The molecule has 0 atom stereocenters. The Kier molecular flexibility index (Phi) is 9.33. The molecule has 0 N–H and O–H groups in total. The SMILES string of the molecule is c1ccc(N2c3cc4sc5cc6c(cc5c4cc3B3c4c2cc(N2CCCc5ccccc52)cc4-n2c4ccccc4c4cccc3c42)B2c3c(cc(N4CCCc5ccccc54)cc3-n3c4ccccc4c4cccc2c43)N6c2ccccc2)cc1. The zero-order chi connectivity index (χ0) is 56.3. The van der Waals surface area contributed by atoms with Gasteiger partial charge in [-0.3, -0.25) is 0 Å². The summed E-state index contributed by atoms with van der Waals surface area (Å²) in [4.78, 5) is 10.4. The smallest absolute Gasteiger partial charge is 0.252 e. The van der Waals surface area contributed by atoms with Crippen molar-refractivity contribution in [2.24, 2.45) is 0 Å². The van der Waals surface area contributed by atoms with E-state index in [1.807, 2.05) is 11.3 Å². The molecule has 6 nitrogen and oxygen atoms in total. The van der Waals surface area contributed by atoms with Gasteiger partial charge in [-0.1, -0.05) is 158 Å². The molecule has 21 rings (SSSR count). The summed E-state index contributed by atoms with van der Waals surface area (Å²) >= 11 is 1.95. The van der Waals surface area contributed by atoms with Crippen molar-refractivity contribution in [3.05, 3.63) is 254 Å². The number of hydrogen-bond donors (Lipinski definition) is 0. The van der Waals surface area contributed by atoms with Crippen molar-refractivity contribution < 1.29 is 0 Å². The van der Waals surface area contributed by atoms with Gasteiger partial charge < -0.3 is 28.7 Å². The van der Waals surface area contributed by atoms with Crippen LogP contribution >= 0.6 is 11.3 Å². The lowest BCUT2D eigenvalue weighted by Gasteiger charge is -2.42. The molecule has 9 heteroatoms. The van der Waals surface area contributed by atoms with Gasteiger partial charge in [0.05, 0.1) is 11.0 Å². The molecule has 406 valence electrons. The first-order valence-corrected chi connectivity index (χ1v) is 31.9. The summed E-state index contributed by atoms with van der Waals surface area (Å²) in [6.45, 7) is 1.89. The van der Waals surface area contributed by atoms with Crippen LogP contribution in [0.5, 0.6) is 0 Å². The summed E-state index contributed by atoms with van der Waals surface area (Å²) in [5.41, 5.74) is 31.0. The lowest BCUT2D eigenvalue weighted by Crippen LogP contribution is -2.60. The predicted octanol–water partition coefficient (Wildman–Crippen LogP) is 15.6. The molecule has 0 unspecified atom stereocenters. The summed E-state index contributed by atoms with van der Waals surface area (Å²) in [6.07, 6.45) is 4.40. The molecular formula is C78H52B2N6S. The second-order valence-electron chi connectivity index (χ2n) is 24.9. The quantitative estimate of drug-likeness (QED) is 0.164. The monoisotopic (exact) mass is 1130 g/mol. The largest absolute Gasteiger partial charge is 0.341 e. The zero-order valence-electron chi connectivity index (χ0n) is 47.6. The lowest BCUT2D eigenvalue weighted by molar-refractivity contribution is 0.767. The third kappa shape index (κ3) is 6.21. The fourth-order valence-electron chi connectivity index (χ4n) is 17.2. The number of thiophene rings is 1. The molecule has 9 heterocycles. The van der Waals surface area contributed by atoms with Gasteiger partial charge in [0.2, 0.25) is 0 Å². The van der Waals surface area contributed by atoms with Gasteiger partial charge in [0.1, 0.15) is 0 Å². The van der Waals surface area contributed by atoms with Crippen molar-refractivity contribution in [1.82, 2.24) is 9.13 Å². The molecule has 6 aliphatic rings. The number of nitrogens with zero attached hydrogens (tertiary/aromatic N) is 6. The second kappa shape index (κ2) is 17.2. The molecule has 0 amide bonds. The van der Waals surface area contributed by atoms with Gasteiger partial charge in [-0.2, -0.15) is 0 Å². The lowest BCUT2D eigenvalue weighted by atomic mass is 9.33. The number of fused-ring (bicyclic) bond motifs is 19. The first-order valence-electron chi connectivity index (χ1n) is 31.0. The fourth-order valence-corrected chi connectivity index (χ4v) is 18.3. The van der Waals surface area contributed by atoms with E-state index in [-0.39, 0.29) is 13.4 Å². The average Bonchev–Trinajstić information content (AvgIpc) is 1.68. The number of aromatic nitrogens is 2. The Balaban J connectivity index is 0.852. The minimum atomic E-state index is -0.0212. The van der Waals surface area contributed by atoms with Crippen LogP contribution in [0.3, 0.4) is 0 Å². The second-order valence-corrected chi connectivity index (χ2v) is 26.0. The highest BCUT2D eigenvalue weighted by Crippen LogP contribution is 2.50. The number of aryl methyl sites for hydroxylation is 2. The third-order valence-electron chi connectivity index (χ3n) is 20.6. The number of para-hydroxylation sites is 8. The van der Waals surface area contributed by atoms with Crippen molar-refractivity contribution in [2.45, 2.75) is 25.7 Å². The fraction of sp³-hybridized carbons (Fsp3) is 0.0769. The van der Waals surface area contributed by atoms with E-state index in [1.165, 1.54) is 165 Å². The molecule has 0 saturated heterocycles. The zero-order valence-corrected chi connectivity index (χ0v) is 48.4. The van der Waals surface area contributed by atoms with Crippen molar-refractivity contribution in [1.29, 1.82) is 0 Å². The van der Waals surface area contributed by atoms with Gasteiger partial charge in [-0.15, -0.1) is 11.3 Å². The number of rotatable bonds is 4. The summed E-state index contributed by atoms with van der Waals surface area (Å²) in [5.74, 6) is 0. The topological polar surface area (TPSA) is 22.8 Å². The van der Waals surface area contributed by atoms with Gasteiger partial charge in [-0.25, -0.2) is 0 Å². The number of anilines is 10. The molecule has 87 heavy (non-hydrogen) atoms. The van der Waals surface area contributed by atoms with Gasteiger partial charge in [0.25, 0.3) is 13.4 Å². The molecule has 0 spiro atoms. The molecule has 0 bridgehead atoms.